The Morgan fingerprint density at radius 1 is 1.43 bits per heavy atom. The van der Waals surface area contributed by atoms with Gasteiger partial charge < -0.3 is 20.3 Å². The number of nitrogens with zero attached hydrogens (tertiary/aromatic N) is 1. The molecular formula is C16H22ClN3O3. The van der Waals surface area contributed by atoms with E-state index in [-0.39, 0.29) is 6.03 Å². The van der Waals surface area contributed by atoms with E-state index in [9.17, 15) is 9.59 Å². The van der Waals surface area contributed by atoms with Crippen molar-refractivity contribution in [2.45, 2.75) is 25.3 Å². The molecule has 1 heterocycles. The minimum absolute atomic E-state index is 0.290. The quantitative estimate of drug-likeness (QED) is 0.809. The van der Waals surface area contributed by atoms with Crippen LogP contribution in [-0.4, -0.2) is 50.2 Å². The maximum atomic E-state index is 11.9. The molecule has 0 spiro atoms. The average Bonchev–Trinajstić information content (AvgIpc) is 2.94. The third-order valence-corrected chi connectivity index (χ3v) is 4.39. The number of halogens is 1. The standard InChI is InChI=1S/C16H22ClN3O3/c1-20-9-3-4-12(20)7-8-18-16(22)19-14-6-5-11(10-13(14)17)15(21)23-2/h5-6,10,12H,3-4,7-9H2,1-2H3,(H2,18,19,22)/t12-/m0/s1. The zero-order valence-electron chi connectivity index (χ0n) is 13.4. The monoisotopic (exact) mass is 339 g/mol. The summed E-state index contributed by atoms with van der Waals surface area (Å²) < 4.78 is 4.62. The number of benzene rings is 1. The molecule has 2 rings (SSSR count). The largest absolute Gasteiger partial charge is 0.465 e. The van der Waals surface area contributed by atoms with Gasteiger partial charge in [-0.3, -0.25) is 0 Å². The number of esters is 1. The Hall–Kier alpha value is -1.79. The molecule has 0 aromatic heterocycles. The zero-order valence-corrected chi connectivity index (χ0v) is 14.2. The van der Waals surface area contributed by atoms with E-state index in [4.69, 9.17) is 11.6 Å². The van der Waals surface area contributed by atoms with Gasteiger partial charge in [-0.25, -0.2) is 9.59 Å². The second-order valence-corrected chi connectivity index (χ2v) is 6.04. The lowest BCUT2D eigenvalue weighted by molar-refractivity contribution is 0.0600. The van der Waals surface area contributed by atoms with Crippen LogP contribution >= 0.6 is 11.6 Å². The molecule has 1 saturated heterocycles. The molecule has 1 aliphatic rings. The van der Waals surface area contributed by atoms with Crippen molar-refractivity contribution in [3.8, 4) is 0 Å². The lowest BCUT2D eigenvalue weighted by atomic mass is 10.1. The molecule has 0 saturated carbocycles. The zero-order chi connectivity index (χ0) is 16.8. The maximum absolute atomic E-state index is 11.9. The van der Waals surface area contributed by atoms with E-state index in [0.717, 1.165) is 13.0 Å². The van der Waals surface area contributed by atoms with Crippen LogP contribution in [0.5, 0.6) is 0 Å². The number of hydrogen-bond acceptors (Lipinski definition) is 4. The Balaban J connectivity index is 1.81. The van der Waals surface area contributed by atoms with Crippen LogP contribution in [0.15, 0.2) is 18.2 Å². The Kier molecular flexibility index (Phi) is 6.24. The van der Waals surface area contributed by atoms with Gasteiger partial charge in [0.15, 0.2) is 0 Å². The molecule has 7 heteroatoms. The number of carbonyl (C=O) groups is 2. The Bertz CT molecular complexity index is 580. The highest BCUT2D eigenvalue weighted by molar-refractivity contribution is 6.34. The van der Waals surface area contributed by atoms with Crippen LogP contribution in [0, 0.1) is 0 Å². The first-order valence-corrected chi connectivity index (χ1v) is 8.02. The molecule has 2 N–H and O–H groups in total. The number of amides is 2. The predicted octanol–water partition coefficient (Wildman–Crippen LogP) is 2.73. The number of nitrogens with one attached hydrogen (secondary N) is 2. The average molecular weight is 340 g/mol. The highest BCUT2D eigenvalue weighted by Crippen LogP contribution is 2.23. The third-order valence-electron chi connectivity index (χ3n) is 4.07. The number of carbonyl (C=O) groups excluding carboxylic acids is 2. The fraction of sp³-hybridized carbons (Fsp3) is 0.500. The molecule has 1 aliphatic heterocycles. The topological polar surface area (TPSA) is 70.7 Å². The van der Waals surface area contributed by atoms with Crippen LogP contribution in [0.4, 0.5) is 10.5 Å². The van der Waals surface area contributed by atoms with Crippen molar-refractivity contribution in [2.24, 2.45) is 0 Å². The fourth-order valence-electron chi connectivity index (χ4n) is 2.72. The van der Waals surface area contributed by atoms with Crippen molar-refractivity contribution in [1.29, 1.82) is 0 Å². The van der Waals surface area contributed by atoms with E-state index < -0.39 is 5.97 Å². The number of ether oxygens (including phenoxy) is 1. The van der Waals surface area contributed by atoms with Gasteiger partial charge in [-0.05, 0) is 51.1 Å². The van der Waals surface area contributed by atoms with E-state index in [2.05, 4.69) is 27.3 Å². The van der Waals surface area contributed by atoms with Gasteiger partial charge in [-0.1, -0.05) is 11.6 Å². The van der Waals surface area contributed by atoms with Gasteiger partial charge in [0.2, 0.25) is 0 Å². The molecule has 126 valence electrons. The predicted molar refractivity (Wildman–Crippen MR) is 90.1 cm³/mol. The number of anilines is 1. The van der Waals surface area contributed by atoms with E-state index in [1.807, 2.05) is 0 Å². The van der Waals surface area contributed by atoms with Gasteiger partial charge in [-0.2, -0.15) is 0 Å². The molecule has 0 aliphatic carbocycles. The molecule has 0 bridgehead atoms. The summed E-state index contributed by atoms with van der Waals surface area (Å²) in [7, 11) is 3.41. The SMILES string of the molecule is COC(=O)c1ccc(NC(=O)NCC[C@@H]2CCCN2C)c(Cl)c1. The van der Waals surface area contributed by atoms with Crippen molar-refractivity contribution in [1.82, 2.24) is 10.2 Å². The van der Waals surface area contributed by atoms with E-state index in [1.54, 1.807) is 12.1 Å². The number of methoxy groups -OCH3 is 1. The van der Waals surface area contributed by atoms with Gasteiger partial charge in [-0.15, -0.1) is 0 Å². The van der Waals surface area contributed by atoms with Gasteiger partial charge in [0.05, 0.1) is 23.4 Å². The summed E-state index contributed by atoms with van der Waals surface area (Å²) in [6, 6.07) is 4.84. The van der Waals surface area contributed by atoms with E-state index >= 15 is 0 Å². The van der Waals surface area contributed by atoms with Gasteiger partial charge in [0.1, 0.15) is 0 Å². The molecule has 1 aromatic rings. The minimum atomic E-state index is -0.469. The molecular weight excluding hydrogens is 318 g/mol. The molecule has 23 heavy (non-hydrogen) atoms. The van der Waals surface area contributed by atoms with Gasteiger partial charge in [0.25, 0.3) is 0 Å². The summed E-state index contributed by atoms with van der Waals surface area (Å²) in [5.41, 5.74) is 0.794. The summed E-state index contributed by atoms with van der Waals surface area (Å²) in [5, 5.41) is 5.80. The van der Waals surface area contributed by atoms with Crippen LogP contribution in [0.3, 0.4) is 0 Å². The van der Waals surface area contributed by atoms with Crippen LogP contribution in [-0.2, 0) is 4.74 Å². The second kappa shape index (κ2) is 8.17. The molecule has 0 radical (unpaired) electrons. The van der Waals surface area contributed by atoms with E-state index in [0.29, 0.717) is 28.9 Å². The highest BCUT2D eigenvalue weighted by Gasteiger charge is 2.20. The summed E-state index contributed by atoms with van der Waals surface area (Å²) in [6.45, 7) is 1.73. The highest BCUT2D eigenvalue weighted by atomic mass is 35.5. The van der Waals surface area contributed by atoms with Crippen molar-refractivity contribution in [3.63, 3.8) is 0 Å². The van der Waals surface area contributed by atoms with Gasteiger partial charge in [0, 0.05) is 12.6 Å². The second-order valence-electron chi connectivity index (χ2n) is 5.63. The van der Waals surface area contributed by atoms with Crippen LogP contribution < -0.4 is 10.6 Å². The van der Waals surface area contributed by atoms with Crippen LogP contribution in [0.2, 0.25) is 5.02 Å². The fourth-order valence-corrected chi connectivity index (χ4v) is 2.95. The Labute approximate surface area is 141 Å². The third kappa shape index (κ3) is 4.84. The maximum Gasteiger partial charge on any atom is 0.337 e. The lowest BCUT2D eigenvalue weighted by Gasteiger charge is -2.19. The van der Waals surface area contributed by atoms with Crippen molar-refractivity contribution >= 4 is 29.3 Å². The molecule has 1 aromatic carbocycles. The number of urea groups is 1. The normalized spacial score (nSPS) is 17.8. The smallest absolute Gasteiger partial charge is 0.337 e. The first kappa shape index (κ1) is 17.6. The van der Waals surface area contributed by atoms with Crippen LogP contribution in [0.1, 0.15) is 29.6 Å². The van der Waals surface area contributed by atoms with Crippen molar-refractivity contribution in [2.75, 3.05) is 32.6 Å². The van der Waals surface area contributed by atoms with Crippen molar-refractivity contribution in [3.05, 3.63) is 28.8 Å². The number of hydrogen-bond donors (Lipinski definition) is 2. The Morgan fingerprint density at radius 2 is 2.22 bits per heavy atom. The summed E-state index contributed by atoms with van der Waals surface area (Å²) >= 11 is 6.07. The summed E-state index contributed by atoms with van der Waals surface area (Å²) in [5.74, 6) is -0.469. The van der Waals surface area contributed by atoms with Crippen molar-refractivity contribution < 1.29 is 14.3 Å². The minimum Gasteiger partial charge on any atom is -0.465 e. The summed E-state index contributed by atoms with van der Waals surface area (Å²) in [4.78, 5) is 25.6. The van der Waals surface area contributed by atoms with E-state index in [1.165, 1.54) is 26.0 Å². The first-order valence-electron chi connectivity index (χ1n) is 7.64. The molecule has 1 fully saturated rings. The first-order chi connectivity index (χ1) is 11.0. The van der Waals surface area contributed by atoms with Gasteiger partial charge >= 0.3 is 12.0 Å². The molecule has 0 unspecified atom stereocenters. The number of rotatable bonds is 5. The molecule has 2 amide bonds. The number of likely N-dealkylation sites (tertiary alicyclic amines) is 1. The summed E-state index contributed by atoms with van der Waals surface area (Å²) in [6.07, 6.45) is 3.33. The molecule has 1 atom stereocenters. The lowest BCUT2D eigenvalue weighted by Crippen LogP contribution is -2.34. The Morgan fingerprint density at radius 3 is 2.83 bits per heavy atom. The van der Waals surface area contributed by atoms with Crippen LogP contribution in [0.25, 0.3) is 0 Å². The molecule has 6 nitrogen and oxygen atoms in total.